The number of carbonyl (C=O) groups excluding carboxylic acids is 3. The number of carbonyl (C=O) groups is 3. The second-order valence-electron chi connectivity index (χ2n) is 5.12. The normalized spacial score (nSPS) is 10.2. The van der Waals surface area contributed by atoms with Crippen molar-refractivity contribution in [1.82, 2.24) is 4.90 Å². The van der Waals surface area contributed by atoms with Crippen molar-refractivity contribution in [1.29, 1.82) is 0 Å². The van der Waals surface area contributed by atoms with Crippen molar-refractivity contribution in [2.24, 2.45) is 0 Å². The molecule has 0 spiro atoms. The Morgan fingerprint density at radius 1 is 1.04 bits per heavy atom. The molecule has 0 atom stereocenters. The Bertz CT molecular complexity index is 775. The minimum atomic E-state index is -0.702. The van der Waals surface area contributed by atoms with Gasteiger partial charge in [-0.15, -0.1) is 0 Å². The van der Waals surface area contributed by atoms with Gasteiger partial charge >= 0.3 is 0 Å². The van der Waals surface area contributed by atoms with Gasteiger partial charge in [-0.1, -0.05) is 6.07 Å². The number of benzene rings is 2. The van der Waals surface area contributed by atoms with Gasteiger partial charge in [-0.3, -0.25) is 14.4 Å². The number of nitrogens with zero attached hydrogens (tertiary/aromatic N) is 1. The maximum Gasteiger partial charge on any atom is 0.253 e. The molecular weight excluding hydrogens is 298 g/mol. The van der Waals surface area contributed by atoms with Crippen molar-refractivity contribution in [2.75, 3.05) is 14.1 Å². The number of phenols is 2. The van der Waals surface area contributed by atoms with E-state index in [1.54, 1.807) is 14.1 Å². The zero-order valence-electron chi connectivity index (χ0n) is 12.6. The Hall–Kier alpha value is -3.15. The summed E-state index contributed by atoms with van der Waals surface area (Å²) in [4.78, 5) is 37.0. The summed E-state index contributed by atoms with van der Waals surface area (Å²) in [6, 6.07) is 7.96. The van der Waals surface area contributed by atoms with Crippen LogP contribution in [0.25, 0.3) is 0 Å². The predicted octanol–water partition coefficient (Wildman–Crippen LogP) is 1.84. The molecule has 2 N–H and O–H groups in total. The van der Waals surface area contributed by atoms with Crippen LogP contribution in [-0.2, 0) is 0 Å². The topological polar surface area (TPSA) is 94.9 Å². The lowest BCUT2D eigenvalue weighted by molar-refractivity contribution is 0.0827. The van der Waals surface area contributed by atoms with Crippen molar-refractivity contribution in [3.05, 3.63) is 58.7 Å². The van der Waals surface area contributed by atoms with Crippen molar-refractivity contribution in [2.45, 2.75) is 0 Å². The van der Waals surface area contributed by atoms with Gasteiger partial charge in [0.1, 0.15) is 17.1 Å². The smallest absolute Gasteiger partial charge is 0.253 e. The highest BCUT2D eigenvalue weighted by atomic mass is 16.3. The number of aldehydes is 1. The van der Waals surface area contributed by atoms with Crippen molar-refractivity contribution in [3.63, 3.8) is 0 Å². The average Bonchev–Trinajstić information content (AvgIpc) is 2.53. The Balaban J connectivity index is 2.54. The van der Waals surface area contributed by atoms with Gasteiger partial charge in [-0.05, 0) is 30.3 Å². The fourth-order valence-corrected chi connectivity index (χ4v) is 2.15. The van der Waals surface area contributed by atoms with E-state index >= 15 is 0 Å². The molecule has 23 heavy (non-hydrogen) atoms. The largest absolute Gasteiger partial charge is 0.507 e. The molecule has 0 saturated heterocycles. The Kier molecular flexibility index (Phi) is 4.45. The molecule has 118 valence electrons. The first kappa shape index (κ1) is 16.2. The van der Waals surface area contributed by atoms with Gasteiger partial charge in [-0.25, -0.2) is 0 Å². The van der Waals surface area contributed by atoms with Crippen LogP contribution in [0.3, 0.4) is 0 Å². The molecule has 6 heteroatoms. The molecule has 2 aromatic carbocycles. The van der Waals surface area contributed by atoms with E-state index in [2.05, 4.69) is 0 Å². The summed E-state index contributed by atoms with van der Waals surface area (Å²) in [5.41, 5.74) is -0.0325. The third-order valence-corrected chi connectivity index (χ3v) is 3.32. The molecule has 0 aliphatic rings. The molecule has 0 radical (unpaired) electrons. The molecule has 0 aliphatic carbocycles. The Morgan fingerprint density at radius 2 is 1.65 bits per heavy atom. The molecule has 0 aromatic heterocycles. The van der Waals surface area contributed by atoms with Crippen LogP contribution in [-0.4, -0.2) is 47.2 Å². The van der Waals surface area contributed by atoms with Gasteiger partial charge < -0.3 is 15.1 Å². The number of aromatic hydroxyl groups is 2. The van der Waals surface area contributed by atoms with Crippen LogP contribution in [0.2, 0.25) is 0 Å². The second-order valence-corrected chi connectivity index (χ2v) is 5.12. The fraction of sp³-hybridized carbons (Fsp3) is 0.118. The first-order valence-electron chi connectivity index (χ1n) is 6.73. The maximum absolute atomic E-state index is 12.5. The van der Waals surface area contributed by atoms with Gasteiger partial charge in [0.2, 0.25) is 5.78 Å². The molecule has 0 aliphatic heterocycles. The van der Waals surface area contributed by atoms with Gasteiger partial charge in [0.25, 0.3) is 5.91 Å². The third-order valence-electron chi connectivity index (χ3n) is 3.32. The zero-order chi connectivity index (χ0) is 17.1. The van der Waals surface area contributed by atoms with E-state index in [1.807, 2.05) is 0 Å². The van der Waals surface area contributed by atoms with E-state index < -0.39 is 5.78 Å². The van der Waals surface area contributed by atoms with Crippen LogP contribution in [0.5, 0.6) is 11.5 Å². The minimum Gasteiger partial charge on any atom is -0.507 e. The summed E-state index contributed by atoms with van der Waals surface area (Å²) in [5.74, 6) is -1.79. The van der Waals surface area contributed by atoms with E-state index in [9.17, 15) is 24.6 Å². The highest BCUT2D eigenvalue weighted by molar-refractivity contribution is 6.16. The van der Waals surface area contributed by atoms with E-state index in [0.717, 1.165) is 0 Å². The van der Waals surface area contributed by atoms with Crippen LogP contribution in [0.15, 0.2) is 36.4 Å². The van der Waals surface area contributed by atoms with Gasteiger partial charge in [0.05, 0.1) is 0 Å². The molecule has 6 nitrogen and oxygen atoms in total. The van der Waals surface area contributed by atoms with E-state index in [1.165, 1.54) is 41.3 Å². The summed E-state index contributed by atoms with van der Waals surface area (Å²) in [6.07, 6.45) is 0.455. The van der Waals surface area contributed by atoms with Crippen LogP contribution >= 0.6 is 0 Å². The Morgan fingerprint density at radius 3 is 2.17 bits per heavy atom. The quantitative estimate of drug-likeness (QED) is 0.663. The summed E-state index contributed by atoms with van der Waals surface area (Å²) < 4.78 is 0. The summed E-state index contributed by atoms with van der Waals surface area (Å²) >= 11 is 0. The molecule has 0 bridgehead atoms. The first-order chi connectivity index (χ1) is 10.9. The lowest BCUT2D eigenvalue weighted by Gasteiger charge is -2.12. The number of phenolic OH excluding ortho intramolecular Hbond substituents is 2. The molecular formula is C17H15NO5. The molecule has 1 amide bonds. The maximum atomic E-state index is 12.5. The van der Waals surface area contributed by atoms with Gasteiger partial charge in [0, 0.05) is 30.8 Å². The average molecular weight is 313 g/mol. The fourth-order valence-electron chi connectivity index (χ4n) is 2.15. The monoisotopic (exact) mass is 313 g/mol. The van der Waals surface area contributed by atoms with Crippen LogP contribution in [0.4, 0.5) is 0 Å². The van der Waals surface area contributed by atoms with Gasteiger partial charge in [0.15, 0.2) is 6.29 Å². The predicted molar refractivity (Wildman–Crippen MR) is 83.1 cm³/mol. The first-order valence-corrected chi connectivity index (χ1v) is 6.73. The van der Waals surface area contributed by atoms with Crippen molar-refractivity contribution < 1.29 is 24.6 Å². The standard InChI is InChI=1S/C17H15NO5/c1-18(2)17(23)10-6-7-12(11(8-10)9-19)16(22)15-13(20)4-3-5-14(15)21/h3-9,20-21H,1-2H3. The van der Waals surface area contributed by atoms with E-state index in [-0.39, 0.29) is 39.7 Å². The van der Waals surface area contributed by atoms with Crippen LogP contribution in [0, 0.1) is 0 Å². The molecule has 0 unspecified atom stereocenters. The zero-order valence-corrected chi connectivity index (χ0v) is 12.6. The lowest BCUT2D eigenvalue weighted by Crippen LogP contribution is -2.22. The van der Waals surface area contributed by atoms with E-state index in [0.29, 0.717) is 6.29 Å². The molecule has 0 fully saturated rings. The van der Waals surface area contributed by atoms with Crippen LogP contribution in [0.1, 0.15) is 36.6 Å². The number of hydrogen-bond donors (Lipinski definition) is 2. The highest BCUT2D eigenvalue weighted by Crippen LogP contribution is 2.29. The van der Waals surface area contributed by atoms with Crippen molar-refractivity contribution >= 4 is 18.0 Å². The number of amides is 1. The molecule has 0 saturated carbocycles. The number of ketones is 1. The lowest BCUT2D eigenvalue weighted by atomic mass is 9.95. The van der Waals surface area contributed by atoms with Gasteiger partial charge in [-0.2, -0.15) is 0 Å². The summed E-state index contributed by atoms with van der Waals surface area (Å²) in [5, 5.41) is 19.5. The number of hydrogen-bond acceptors (Lipinski definition) is 5. The van der Waals surface area contributed by atoms with Crippen molar-refractivity contribution in [3.8, 4) is 11.5 Å². The second kappa shape index (κ2) is 6.31. The summed E-state index contributed by atoms with van der Waals surface area (Å²) in [6.45, 7) is 0. The SMILES string of the molecule is CN(C)C(=O)c1ccc(C(=O)c2c(O)cccc2O)c(C=O)c1. The minimum absolute atomic E-state index is 0.00496. The third kappa shape index (κ3) is 3.06. The summed E-state index contributed by atoms with van der Waals surface area (Å²) in [7, 11) is 3.14. The molecule has 2 rings (SSSR count). The van der Waals surface area contributed by atoms with Crippen LogP contribution < -0.4 is 0 Å². The molecule has 2 aromatic rings. The highest BCUT2D eigenvalue weighted by Gasteiger charge is 2.21. The molecule has 0 heterocycles. The Labute approximate surface area is 132 Å². The number of rotatable bonds is 4. The van der Waals surface area contributed by atoms with E-state index in [4.69, 9.17) is 0 Å².